The fourth-order valence-corrected chi connectivity index (χ4v) is 0.856. The Morgan fingerprint density at radius 3 is 3.00 bits per heavy atom. The van der Waals surface area contributed by atoms with Gasteiger partial charge in [-0.3, -0.25) is 4.79 Å². The monoisotopic (exact) mass is 152 g/mol. The van der Waals surface area contributed by atoms with E-state index < -0.39 is 0 Å². The average Bonchev–Trinajstić information content (AvgIpc) is 2.53. The van der Waals surface area contributed by atoms with E-state index in [4.69, 9.17) is 5.73 Å². The number of carbonyl (C=O) groups excluding carboxylic acids is 1. The van der Waals surface area contributed by atoms with Crippen LogP contribution in [0, 0.1) is 5.92 Å². The fraction of sp³-hybridized carbons (Fsp3) is 0.375. The third-order valence-corrected chi connectivity index (χ3v) is 1.66. The molecule has 1 aromatic rings. The van der Waals surface area contributed by atoms with Crippen molar-refractivity contribution in [3.05, 3.63) is 24.0 Å². The van der Waals surface area contributed by atoms with Gasteiger partial charge in [-0.15, -0.1) is 0 Å². The van der Waals surface area contributed by atoms with Crippen molar-refractivity contribution in [2.75, 3.05) is 6.54 Å². The number of aromatic amines is 1. The summed E-state index contributed by atoms with van der Waals surface area (Å²) in [6.45, 7) is 2.22. The molecule has 0 saturated heterocycles. The Kier molecular flexibility index (Phi) is 2.44. The minimum Gasteiger partial charge on any atom is -0.359 e. The predicted molar refractivity (Wildman–Crippen MR) is 43.3 cm³/mol. The lowest BCUT2D eigenvalue weighted by Gasteiger charge is -2.03. The first-order valence-corrected chi connectivity index (χ1v) is 3.63. The summed E-state index contributed by atoms with van der Waals surface area (Å²) in [6.07, 6.45) is 1.73. The summed E-state index contributed by atoms with van der Waals surface area (Å²) in [5, 5.41) is 0. The van der Waals surface area contributed by atoms with E-state index in [0.29, 0.717) is 12.2 Å². The molecular weight excluding hydrogens is 140 g/mol. The van der Waals surface area contributed by atoms with Gasteiger partial charge < -0.3 is 10.7 Å². The maximum absolute atomic E-state index is 11.3. The van der Waals surface area contributed by atoms with Gasteiger partial charge >= 0.3 is 0 Å². The second-order valence-electron chi connectivity index (χ2n) is 2.58. The van der Waals surface area contributed by atoms with E-state index in [0.717, 1.165) is 0 Å². The molecule has 0 spiro atoms. The largest absolute Gasteiger partial charge is 0.359 e. The number of H-pyrrole nitrogens is 1. The molecule has 1 rings (SSSR count). The van der Waals surface area contributed by atoms with Crippen LogP contribution in [0.25, 0.3) is 0 Å². The minimum atomic E-state index is -0.0892. The number of nitrogens with two attached hydrogens (primary N) is 1. The Balaban J connectivity index is 2.70. The molecule has 1 unspecified atom stereocenters. The highest BCUT2D eigenvalue weighted by atomic mass is 16.1. The molecule has 3 heteroatoms. The van der Waals surface area contributed by atoms with E-state index in [2.05, 4.69) is 4.98 Å². The van der Waals surface area contributed by atoms with Crippen LogP contribution in [0.15, 0.2) is 18.3 Å². The molecule has 60 valence electrons. The van der Waals surface area contributed by atoms with Crippen LogP contribution in [0.5, 0.6) is 0 Å². The molecule has 0 aliphatic heterocycles. The summed E-state index contributed by atoms with van der Waals surface area (Å²) in [5.74, 6) is -0.00819. The molecule has 1 atom stereocenters. The lowest BCUT2D eigenvalue weighted by atomic mass is 10.1. The SMILES string of the molecule is CC(CN)C(=O)c1ccc[nH]1. The van der Waals surface area contributed by atoms with E-state index in [1.807, 2.05) is 6.92 Å². The van der Waals surface area contributed by atoms with Crippen molar-refractivity contribution < 1.29 is 4.79 Å². The fourth-order valence-electron chi connectivity index (χ4n) is 0.856. The molecule has 0 amide bonds. The van der Waals surface area contributed by atoms with Gasteiger partial charge in [0.25, 0.3) is 0 Å². The number of Topliss-reactive ketones (excluding diaryl/α,β-unsaturated/α-hetero) is 1. The van der Waals surface area contributed by atoms with Crippen LogP contribution < -0.4 is 5.73 Å². The molecule has 0 aliphatic rings. The summed E-state index contributed by atoms with van der Waals surface area (Å²) >= 11 is 0. The van der Waals surface area contributed by atoms with Gasteiger partial charge in [0.05, 0.1) is 5.69 Å². The number of carbonyl (C=O) groups is 1. The Bertz CT molecular complexity index is 228. The van der Waals surface area contributed by atoms with Crippen molar-refractivity contribution in [1.82, 2.24) is 4.98 Å². The normalized spacial score (nSPS) is 12.9. The number of rotatable bonds is 3. The zero-order chi connectivity index (χ0) is 8.27. The Hall–Kier alpha value is -1.09. The summed E-state index contributed by atoms with van der Waals surface area (Å²) < 4.78 is 0. The number of aromatic nitrogens is 1. The highest BCUT2D eigenvalue weighted by Gasteiger charge is 2.13. The molecule has 0 fully saturated rings. The zero-order valence-electron chi connectivity index (χ0n) is 6.50. The summed E-state index contributed by atoms with van der Waals surface area (Å²) in [6, 6.07) is 3.56. The van der Waals surface area contributed by atoms with Gasteiger partial charge in [0, 0.05) is 18.7 Å². The molecule has 1 aromatic heterocycles. The molecular formula is C8H12N2O. The van der Waals surface area contributed by atoms with Gasteiger partial charge in [-0.25, -0.2) is 0 Å². The predicted octanol–water partition coefficient (Wildman–Crippen LogP) is 0.792. The maximum atomic E-state index is 11.3. The van der Waals surface area contributed by atoms with Crippen molar-refractivity contribution in [1.29, 1.82) is 0 Å². The van der Waals surface area contributed by atoms with Crippen LogP contribution in [0.4, 0.5) is 0 Å². The van der Waals surface area contributed by atoms with Crippen molar-refractivity contribution in [2.45, 2.75) is 6.92 Å². The van der Waals surface area contributed by atoms with Crippen molar-refractivity contribution in [3.63, 3.8) is 0 Å². The third kappa shape index (κ3) is 1.68. The second-order valence-corrected chi connectivity index (χ2v) is 2.58. The van der Waals surface area contributed by atoms with E-state index in [1.54, 1.807) is 18.3 Å². The molecule has 3 nitrogen and oxygen atoms in total. The Morgan fingerprint density at radius 1 is 1.82 bits per heavy atom. The van der Waals surface area contributed by atoms with E-state index in [1.165, 1.54) is 0 Å². The quantitative estimate of drug-likeness (QED) is 0.629. The van der Waals surface area contributed by atoms with Crippen LogP contribution in [0.2, 0.25) is 0 Å². The van der Waals surface area contributed by atoms with Crippen molar-refractivity contribution >= 4 is 5.78 Å². The first-order chi connectivity index (χ1) is 5.25. The van der Waals surface area contributed by atoms with Gasteiger partial charge in [-0.05, 0) is 12.1 Å². The van der Waals surface area contributed by atoms with Crippen molar-refractivity contribution in [2.24, 2.45) is 11.7 Å². The van der Waals surface area contributed by atoms with Crippen molar-refractivity contribution in [3.8, 4) is 0 Å². The van der Waals surface area contributed by atoms with E-state index in [-0.39, 0.29) is 11.7 Å². The second kappa shape index (κ2) is 3.34. The summed E-state index contributed by atoms with van der Waals surface area (Å²) in [4.78, 5) is 14.2. The maximum Gasteiger partial charge on any atom is 0.183 e. The molecule has 1 heterocycles. The highest BCUT2D eigenvalue weighted by Crippen LogP contribution is 2.04. The van der Waals surface area contributed by atoms with Crippen LogP contribution in [0.3, 0.4) is 0 Å². The van der Waals surface area contributed by atoms with Gasteiger partial charge in [-0.1, -0.05) is 6.92 Å². The molecule has 0 bridgehead atoms. The molecule has 11 heavy (non-hydrogen) atoms. The number of ketones is 1. The van der Waals surface area contributed by atoms with Gasteiger partial charge in [0.1, 0.15) is 0 Å². The molecule has 0 aliphatic carbocycles. The average molecular weight is 152 g/mol. The van der Waals surface area contributed by atoms with Crippen LogP contribution in [0.1, 0.15) is 17.4 Å². The smallest absolute Gasteiger partial charge is 0.183 e. The number of hydrogen-bond acceptors (Lipinski definition) is 2. The van der Waals surface area contributed by atoms with Crippen LogP contribution >= 0.6 is 0 Å². The first kappa shape index (κ1) is 8.01. The van der Waals surface area contributed by atoms with E-state index >= 15 is 0 Å². The standard InChI is InChI=1S/C8H12N2O/c1-6(5-9)8(11)7-3-2-4-10-7/h2-4,6,10H,5,9H2,1H3. The zero-order valence-corrected chi connectivity index (χ0v) is 6.50. The van der Waals surface area contributed by atoms with Gasteiger partial charge in [0.2, 0.25) is 0 Å². The molecule has 0 radical (unpaired) electrons. The molecule has 3 N–H and O–H groups in total. The van der Waals surface area contributed by atoms with Gasteiger partial charge in [0.15, 0.2) is 5.78 Å². The lowest BCUT2D eigenvalue weighted by Crippen LogP contribution is -2.20. The third-order valence-electron chi connectivity index (χ3n) is 1.66. The van der Waals surface area contributed by atoms with Crippen LogP contribution in [-0.2, 0) is 0 Å². The highest BCUT2D eigenvalue weighted by molar-refractivity contribution is 5.96. The Labute approximate surface area is 65.6 Å². The Morgan fingerprint density at radius 2 is 2.55 bits per heavy atom. The molecule has 0 aromatic carbocycles. The topological polar surface area (TPSA) is 58.9 Å². The summed E-state index contributed by atoms with van der Waals surface area (Å²) in [7, 11) is 0. The number of nitrogens with one attached hydrogen (secondary N) is 1. The first-order valence-electron chi connectivity index (χ1n) is 3.63. The summed E-state index contributed by atoms with van der Waals surface area (Å²) in [5.41, 5.74) is 5.99. The van der Waals surface area contributed by atoms with Gasteiger partial charge in [-0.2, -0.15) is 0 Å². The van der Waals surface area contributed by atoms with E-state index in [9.17, 15) is 4.79 Å². The lowest BCUT2D eigenvalue weighted by molar-refractivity contribution is 0.0930. The number of hydrogen-bond donors (Lipinski definition) is 2. The molecule has 0 saturated carbocycles. The van der Waals surface area contributed by atoms with Crippen LogP contribution in [-0.4, -0.2) is 17.3 Å². The minimum absolute atomic E-state index is 0.0810.